The predicted molar refractivity (Wildman–Crippen MR) is 70.5 cm³/mol. The molecular weight excluding hydrogens is 198 g/mol. The first-order valence-electron chi connectivity index (χ1n) is 6.66. The van der Waals surface area contributed by atoms with E-state index < -0.39 is 0 Å². The van der Waals surface area contributed by atoms with Gasteiger partial charge in [0, 0.05) is 12.6 Å². The zero-order valence-electron chi connectivity index (χ0n) is 11.0. The van der Waals surface area contributed by atoms with Crippen LogP contribution in [0.5, 0.6) is 0 Å². The molecule has 1 rings (SSSR count). The van der Waals surface area contributed by atoms with Gasteiger partial charge in [-0.05, 0) is 24.7 Å². The lowest BCUT2D eigenvalue weighted by Gasteiger charge is -2.23. The summed E-state index contributed by atoms with van der Waals surface area (Å²) in [5.74, 6) is 1.93. The Labute approximate surface area is 99.9 Å². The van der Waals surface area contributed by atoms with Gasteiger partial charge in [-0.25, -0.2) is 0 Å². The SMILES string of the molecule is CC(C)CN=C(N)NC1CCCCCC1C. The van der Waals surface area contributed by atoms with Gasteiger partial charge in [0.25, 0.3) is 0 Å². The molecule has 3 N–H and O–H groups in total. The Balaban J connectivity index is 2.41. The van der Waals surface area contributed by atoms with E-state index in [-0.39, 0.29) is 0 Å². The highest BCUT2D eigenvalue weighted by atomic mass is 15.1. The van der Waals surface area contributed by atoms with Gasteiger partial charge < -0.3 is 11.1 Å². The van der Waals surface area contributed by atoms with Crippen molar-refractivity contribution >= 4 is 5.96 Å². The standard InChI is InChI=1S/C13H27N3/c1-10(2)9-15-13(14)16-12-8-6-4-5-7-11(12)3/h10-12H,4-9H2,1-3H3,(H3,14,15,16). The molecule has 1 fully saturated rings. The van der Waals surface area contributed by atoms with Crippen molar-refractivity contribution in [3.8, 4) is 0 Å². The third kappa shape index (κ3) is 4.86. The summed E-state index contributed by atoms with van der Waals surface area (Å²) in [6, 6.07) is 0.526. The molecule has 3 nitrogen and oxygen atoms in total. The molecule has 0 heterocycles. The van der Waals surface area contributed by atoms with Crippen LogP contribution in [0.25, 0.3) is 0 Å². The summed E-state index contributed by atoms with van der Waals surface area (Å²) >= 11 is 0. The van der Waals surface area contributed by atoms with Crippen LogP contribution < -0.4 is 11.1 Å². The number of rotatable bonds is 3. The van der Waals surface area contributed by atoms with Crippen molar-refractivity contribution < 1.29 is 0 Å². The normalized spacial score (nSPS) is 27.9. The van der Waals surface area contributed by atoms with Crippen molar-refractivity contribution in [2.45, 2.75) is 58.9 Å². The fourth-order valence-electron chi connectivity index (χ4n) is 2.22. The van der Waals surface area contributed by atoms with Crippen molar-refractivity contribution in [3.63, 3.8) is 0 Å². The maximum Gasteiger partial charge on any atom is 0.188 e. The van der Waals surface area contributed by atoms with Gasteiger partial charge in [-0.2, -0.15) is 0 Å². The molecule has 2 atom stereocenters. The predicted octanol–water partition coefficient (Wildman–Crippen LogP) is 2.52. The van der Waals surface area contributed by atoms with Gasteiger partial charge in [0.05, 0.1) is 0 Å². The minimum Gasteiger partial charge on any atom is -0.370 e. The van der Waals surface area contributed by atoms with Gasteiger partial charge in [-0.15, -0.1) is 0 Å². The molecule has 0 saturated heterocycles. The average Bonchev–Trinajstić information content (AvgIpc) is 2.42. The highest BCUT2D eigenvalue weighted by molar-refractivity contribution is 5.78. The Morgan fingerprint density at radius 3 is 2.69 bits per heavy atom. The number of nitrogens with zero attached hydrogens (tertiary/aromatic N) is 1. The van der Waals surface area contributed by atoms with Crippen LogP contribution >= 0.6 is 0 Å². The quantitative estimate of drug-likeness (QED) is 0.440. The molecule has 1 aliphatic carbocycles. The van der Waals surface area contributed by atoms with E-state index in [1.54, 1.807) is 0 Å². The molecule has 94 valence electrons. The first kappa shape index (κ1) is 13.3. The van der Waals surface area contributed by atoms with Crippen molar-refractivity contribution in [1.29, 1.82) is 0 Å². The second-order valence-electron chi connectivity index (χ2n) is 5.49. The number of hydrogen-bond donors (Lipinski definition) is 2. The molecule has 0 amide bonds. The van der Waals surface area contributed by atoms with Crippen LogP contribution in [-0.4, -0.2) is 18.5 Å². The summed E-state index contributed by atoms with van der Waals surface area (Å²) in [5, 5.41) is 3.39. The highest BCUT2D eigenvalue weighted by Gasteiger charge is 2.19. The lowest BCUT2D eigenvalue weighted by molar-refractivity contribution is 0.399. The molecule has 3 heteroatoms. The van der Waals surface area contributed by atoms with E-state index in [0.29, 0.717) is 17.9 Å². The monoisotopic (exact) mass is 225 g/mol. The van der Waals surface area contributed by atoms with E-state index in [4.69, 9.17) is 5.73 Å². The zero-order valence-corrected chi connectivity index (χ0v) is 11.0. The van der Waals surface area contributed by atoms with E-state index in [2.05, 4.69) is 31.1 Å². The van der Waals surface area contributed by atoms with Crippen molar-refractivity contribution in [2.24, 2.45) is 22.6 Å². The first-order chi connectivity index (χ1) is 7.59. The summed E-state index contributed by atoms with van der Waals surface area (Å²) in [5.41, 5.74) is 5.90. The highest BCUT2D eigenvalue weighted by Crippen LogP contribution is 2.22. The molecule has 0 bridgehead atoms. The van der Waals surface area contributed by atoms with Crippen molar-refractivity contribution in [2.75, 3.05) is 6.54 Å². The molecule has 16 heavy (non-hydrogen) atoms. The van der Waals surface area contributed by atoms with Gasteiger partial charge in [0.15, 0.2) is 5.96 Å². The molecule has 1 saturated carbocycles. The molecule has 0 radical (unpaired) electrons. The maximum absolute atomic E-state index is 5.90. The molecule has 0 aromatic heterocycles. The minimum absolute atomic E-state index is 0.526. The molecule has 0 aromatic carbocycles. The number of nitrogens with one attached hydrogen (secondary N) is 1. The number of aliphatic imine (C=N–C) groups is 1. The van der Waals surface area contributed by atoms with Crippen LogP contribution in [-0.2, 0) is 0 Å². The molecule has 0 aliphatic heterocycles. The first-order valence-corrected chi connectivity index (χ1v) is 6.66. The van der Waals surface area contributed by atoms with Gasteiger partial charge in [-0.1, -0.05) is 40.0 Å². The maximum atomic E-state index is 5.90. The van der Waals surface area contributed by atoms with E-state index in [9.17, 15) is 0 Å². The van der Waals surface area contributed by atoms with Gasteiger partial charge >= 0.3 is 0 Å². The number of hydrogen-bond acceptors (Lipinski definition) is 1. The zero-order chi connectivity index (χ0) is 12.0. The Morgan fingerprint density at radius 1 is 1.31 bits per heavy atom. The van der Waals surface area contributed by atoms with Crippen LogP contribution in [0.4, 0.5) is 0 Å². The largest absolute Gasteiger partial charge is 0.370 e. The van der Waals surface area contributed by atoms with Gasteiger partial charge in [-0.3, -0.25) is 4.99 Å². The van der Waals surface area contributed by atoms with Crippen molar-refractivity contribution in [1.82, 2.24) is 5.32 Å². The topological polar surface area (TPSA) is 50.4 Å². The van der Waals surface area contributed by atoms with E-state index in [0.717, 1.165) is 12.5 Å². The molecule has 0 aromatic rings. The fraction of sp³-hybridized carbons (Fsp3) is 0.923. The van der Waals surface area contributed by atoms with Crippen LogP contribution in [0.2, 0.25) is 0 Å². The van der Waals surface area contributed by atoms with Crippen LogP contribution in [0.3, 0.4) is 0 Å². The Kier molecular flexibility index (Phi) is 5.64. The smallest absolute Gasteiger partial charge is 0.188 e. The minimum atomic E-state index is 0.526. The Hall–Kier alpha value is -0.730. The average molecular weight is 225 g/mol. The summed E-state index contributed by atoms with van der Waals surface area (Å²) in [6.07, 6.45) is 6.60. The third-order valence-electron chi connectivity index (χ3n) is 3.32. The second kappa shape index (κ2) is 6.77. The Morgan fingerprint density at radius 2 is 2.00 bits per heavy atom. The molecular formula is C13H27N3. The molecule has 0 spiro atoms. The lowest BCUT2D eigenvalue weighted by atomic mass is 9.97. The summed E-state index contributed by atoms with van der Waals surface area (Å²) < 4.78 is 0. The van der Waals surface area contributed by atoms with E-state index in [1.807, 2.05) is 0 Å². The summed E-state index contributed by atoms with van der Waals surface area (Å²) in [7, 11) is 0. The Bertz CT molecular complexity index is 223. The summed E-state index contributed by atoms with van der Waals surface area (Å²) in [6.45, 7) is 7.45. The number of nitrogens with two attached hydrogens (primary N) is 1. The fourth-order valence-corrected chi connectivity index (χ4v) is 2.22. The lowest BCUT2D eigenvalue weighted by Crippen LogP contribution is -2.43. The molecule has 2 unspecified atom stereocenters. The summed E-state index contributed by atoms with van der Waals surface area (Å²) in [4.78, 5) is 4.37. The van der Waals surface area contributed by atoms with Crippen molar-refractivity contribution in [3.05, 3.63) is 0 Å². The van der Waals surface area contributed by atoms with Gasteiger partial charge in [0.1, 0.15) is 0 Å². The van der Waals surface area contributed by atoms with Crippen LogP contribution in [0.1, 0.15) is 52.9 Å². The van der Waals surface area contributed by atoms with E-state index >= 15 is 0 Å². The van der Waals surface area contributed by atoms with E-state index in [1.165, 1.54) is 32.1 Å². The third-order valence-corrected chi connectivity index (χ3v) is 3.32. The number of guanidine groups is 1. The molecule has 1 aliphatic rings. The second-order valence-corrected chi connectivity index (χ2v) is 5.49. The van der Waals surface area contributed by atoms with Crippen LogP contribution in [0.15, 0.2) is 4.99 Å². The van der Waals surface area contributed by atoms with Gasteiger partial charge in [0.2, 0.25) is 0 Å². The van der Waals surface area contributed by atoms with Crippen LogP contribution in [0, 0.1) is 11.8 Å².